The molecule has 116 valence electrons. The molecule has 23 heavy (non-hydrogen) atoms. The minimum Gasteiger partial charge on any atom is -0.489 e. The second kappa shape index (κ2) is 7.47. The molecule has 0 aliphatic heterocycles. The van der Waals surface area contributed by atoms with E-state index in [-0.39, 0.29) is 6.61 Å². The van der Waals surface area contributed by atoms with Crippen molar-refractivity contribution < 1.29 is 14.6 Å². The standard InChI is InChI=1S/C20H18O3/c21-14-17-13-19(23-18-9-5-2-6-10-18)11-12-20(17)22-15-16-7-3-1-4-8-16/h1-13,21H,14-15H2. The number of aliphatic hydroxyl groups excluding tert-OH is 1. The molecule has 0 bridgehead atoms. The van der Waals surface area contributed by atoms with Crippen LogP contribution in [0.3, 0.4) is 0 Å². The third-order valence-corrected chi connectivity index (χ3v) is 3.42. The molecule has 0 fully saturated rings. The zero-order valence-electron chi connectivity index (χ0n) is 12.7. The van der Waals surface area contributed by atoms with Crippen molar-refractivity contribution in [1.29, 1.82) is 0 Å². The average molecular weight is 306 g/mol. The van der Waals surface area contributed by atoms with Gasteiger partial charge in [-0.15, -0.1) is 0 Å². The lowest BCUT2D eigenvalue weighted by molar-refractivity contribution is 0.258. The number of aliphatic hydroxyl groups is 1. The fourth-order valence-corrected chi connectivity index (χ4v) is 2.24. The van der Waals surface area contributed by atoms with Gasteiger partial charge in [0.25, 0.3) is 0 Å². The zero-order chi connectivity index (χ0) is 15.9. The summed E-state index contributed by atoms with van der Waals surface area (Å²) in [4.78, 5) is 0. The molecule has 0 radical (unpaired) electrons. The van der Waals surface area contributed by atoms with Crippen LogP contribution in [0.2, 0.25) is 0 Å². The highest BCUT2D eigenvalue weighted by Gasteiger charge is 2.06. The molecule has 3 rings (SSSR count). The van der Waals surface area contributed by atoms with Crippen molar-refractivity contribution in [3.05, 3.63) is 90.0 Å². The molecule has 0 unspecified atom stereocenters. The molecule has 3 nitrogen and oxygen atoms in total. The summed E-state index contributed by atoms with van der Waals surface area (Å²) >= 11 is 0. The van der Waals surface area contributed by atoms with Crippen LogP contribution < -0.4 is 9.47 Å². The highest BCUT2D eigenvalue weighted by molar-refractivity contribution is 5.42. The third-order valence-electron chi connectivity index (χ3n) is 3.42. The monoisotopic (exact) mass is 306 g/mol. The van der Waals surface area contributed by atoms with Crippen LogP contribution in [-0.4, -0.2) is 5.11 Å². The Labute approximate surface area is 135 Å². The van der Waals surface area contributed by atoms with Crippen molar-refractivity contribution in [2.24, 2.45) is 0 Å². The Morgan fingerprint density at radius 3 is 2.13 bits per heavy atom. The van der Waals surface area contributed by atoms with Crippen LogP contribution in [-0.2, 0) is 13.2 Å². The van der Waals surface area contributed by atoms with E-state index < -0.39 is 0 Å². The summed E-state index contributed by atoms with van der Waals surface area (Å²) in [5.41, 5.74) is 1.79. The SMILES string of the molecule is OCc1cc(Oc2ccccc2)ccc1OCc1ccccc1. The van der Waals surface area contributed by atoms with E-state index in [1.165, 1.54) is 0 Å². The van der Waals surface area contributed by atoms with Crippen LogP contribution in [0.1, 0.15) is 11.1 Å². The minimum absolute atomic E-state index is 0.101. The summed E-state index contributed by atoms with van der Waals surface area (Å²) < 4.78 is 11.6. The molecule has 0 heterocycles. The Bertz CT molecular complexity index is 739. The highest BCUT2D eigenvalue weighted by Crippen LogP contribution is 2.28. The van der Waals surface area contributed by atoms with E-state index >= 15 is 0 Å². The topological polar surface area (TPSA) is 38.7 Å². The van der Waals surface area contributed by atoms with Crippen LogP contribution >= 0.6 is 0 Å². The fraction of sp³-hybridized carbons (Fsp3) is 0.100. The smallest absolute Gasteiger partial charge is 0.128 e. The Kier molecular flexibility index (Phi) is 4.92. The van der Waals surface area contributed by atoms with Crippen molar-refractivity contribution in [1.82, 2.24) is 0 Å². The molecule has 0 aliphatic carbocycles. The molecule has 3 heteroatoms. The van der Waals surface area contributed by atoms with Crippen molar-refractivity contribution in [2.45, 2.75) is 13.2 Å². The van der Waals surface area contributed by atoms with E-state index in [1.807, 2.05) is 72.8 Å². The third kappa shape index (κ3) is 4.11. The van der Waals surface area contributed by atoms with Crippen LogP contribution in [0.25, 0.3) is 0 Å². The van der Waals surface area contributed by atoms with Gasteiger partial charge >= 0.3 is 0 Å². The zero-order valence-corrected chi connectivity index (χ0v) is 12.7. The van der Waals surface area contributed by atoms with Gasteiger partial charge in [-0.25, -0.2) is 0 Å². The molecule has 3 aromatic carbocycles. The van der Waals surface area contributed by atoms with Gasteiger partial charge in [-0.3, -0.25) is 0 Å². The fourth-order valence-electron chi connectivity index (χ4n) is 2.24. The second-order valence-corrected chi connectivity index (χ2v) is 5.12. The maximum absolute atomic E-state index is 9.57. The molecular formula is C20H18O3. The summed E-state index contributed by atoms with van der Waals surface area (Å²) in [6, 6.07) is 24.9. The van der Waals surface area contributed by atoms with Gasteiger partial charge in [-0.05, 0) is 35.9 Å². The predicted octanol–water partition coefficient (Wildman–Crippen LogP) is 4.55. The van der Waals surface area contributed by atoms with Gasteiger partial charge in [0.15, 0.2) is 0 Å². The van der Waals surface area contributed by atoms with Gasteiger partial charge in [-0.1, -0.05) is 48.5 Å². The molecule has 0 atom stereocenters. The van der Waals surface area contributed by atoms with Crippen molar-refractivity contribution in [3.8, 4) is 17.2 Å². The van der Waals surface area contributed by atoms with Crippen LogP contribution in [0.15, 0.2) is 78.9 Å². The summed E-state index contributed by atoms with van der Waals surface area (Å²) in [6.07, 6.45) is 0. The van der Waals surface area contributed by atoms with Crippen LogP contribution in [0.4, 0.5) is 0 Å². The summed E-state index contributed by atoms with van der Waals surface area (Å²) in [5, 5.41) is 9.57. The molecule has 0 saturated heterocycles. The summed E-state index contributed by atoms with van der Waals surface area (Å²) in [7, 11) is 0. The Morgan fingerprint density at radius 2 is 1.43 bits per heavy atom. The first-order valence-electron chi connectivity index (χ1n) is 7.48. The molecule has 1 N–H and O–H groups in total. The van der Waals surface area contributed by atoms with Crippen molar-refractivity contribution >= 4 is 0 Å². The number of benzene rings is 3. The van der Waals surface area contributed by atoms with E-state index in [0.29, 0.717) is 23.7 Å². The van der Waals surface area contributed by atoms with E-state index in [1.54, 1.807) is 6.07 Å². The van der Waals surface area contributed by atoms with Gasteiger partial charge < -0.3 is 14.6 Å². The first-order chi connectivity index (χ1) is 11.3. The number of ether oxygens (including phenoxy) is 2. The second-order valence-electron chi connectivity index (χ2n) is 5.12. The quantitative estimate of drug-likeness (QED) is 0.726. The largest absolute Gasteiger partial charge is 0.489 e. The molecule has 0 amide bonds. The van der Waals surface area contributed by atoms with Crippen LogP contribution in [0.5, 0.6) is 17.2 Å². The van der Waals surface area contributed by atoms with Crippen molar-refractivity contribution in [3.63, 3.8) is 0 Å². The lowest BCUT2D eigenvalue weighted by Gasteiger charge is -2.12. The number of hydrogen-bond acceptors (Lipinski definition) is 3. The van der Waals surface area contributed by atoms with E-state index in [2.05, 4.69) is 0 Å². The lowest BCUT2D eigenvalue weighted by atomic mass is 10.2. The Hall–Kier alpha value is -2.78. The normalized spacial score (nSPS) is 10.3. The number of hydrogen-bond donors (Lipinski definition) is 1. The van der Waals surface area contributed by atoms with E-state index in [4.69, 9.17) is 9.47 Å². The maximum atomic E-state index is 9.57. The molecule has 0 saturated carbocycles. The predicted molar refractivity (Wildman–Crippen MR) is 89.7 cm³/mol. The van der Waals surface area contributed by atoms with Gasteiger partial charge in [0.1, 0.15) is 23.9 Å². The van der Waals surface area contributed by atoms with E-state index in [0.717, 1.165) is 11.3 Å². The molecule has 3 aromatic rings. The van der Waals surface area contributed by atoms with Crippen molar-refractivity contribution in [2.75, 3.05) is 0 Å². The van der Waals surface area contributed by atoms with Gasteiger partial charge in [-0.2, -0.15) is 0 Å². The summed E-state index contributed by atoms with van der Waals surface area (Å²) in [6.45, 7) is 0.364. The summed E-state index contributed by atoms with van der Waals surface area (Å²) in [5.74, 6) is 2.10. The molecular weight excluding hydrogens is 288 g/mol. The first kappa shape index (κ1) is 15.1. The first-order valence-corrected chi connectivity index (χ1v) is 7.48. The van der Waals surface area contributed by atoms with Gasteiger partial charge in [0, 0.05) is 5.56 Å². The molecule has 0 aromatic heterocycles. The average Bonchev–Trinajstić information content (AvgIpc) is 2.62. The maximum Gasteiger partial charge on any atom is 0.128 e. The van der Waals surface area contributed by atoms with Crippen LogP contribution in [0, 0.1) is 0 Å². The van der Waals surface area contributed by atoms with Gasteiger partial charge in [0.05, 0.1) is 6.61 Å². The number of rotatable bonds is 6. The van der Waals surface area contributed by atoms with E-state index in [9.17, 15) is 5.11 Å². The highest BCUT2D eigenvalue weighted by atomic mass is 16.5. The number of para-hydroxylation sites is 1. The molecule has 0 aliphatic rings. The minimum atomic E-state index is -0.101. The Balaban J connectivity index is 1.72. The lowest BCUT2D eigenvalue weighted by Crippen LogP contribution is -1.99. The Morgan fingerprint density at radius 1 is 0.739 bits per heavy atom. The van der Waals surface area contributed by atoms with Gasteiger partial charge in [0.2, 0.25) is 0 Å². The molecule has 0 spiro atoms.